The highest BCUT2D eigenvalue weighted by Gasteiger charge is 2.08. The highest BCUT2D eigenvalue weighted by Crippen LogP contribution is 2.14. The van der Waals surface area contributed by atoms with Gasteiger partial charge in [-0.25, -0.2) is 4.98 Å². The Morgan fingerprint density at radius 3 is 3.05 bits per heavy atom. The molecular weight excluding hydrogens is 282 g/mol. The Kier molecular flexibility index (Phi) is 4.45. The largest absolute Gasteiger partial charge is 0.378 e. The van der Waals surface area contributed by atoms with Gasteiger partial charge in [-0.15, -0.1) is 0 Å². The van der Waals surface area contributed by atoms with Crippen LogP contribution in [-0.4, -0.2) is 45.4 Å². The maximum absolute atomic E-state index is 12.0. The maximum Gasteiger partial charge on any atom is 0.267 e. The summed E-state index contributed by atoms with van der Waals surface area (Å²) in [6, 6.07) is 9.63. The van der Waals surface area contributed by atoms with Crippen molar-refractivity contribution in [3.8, 4) is 0 Å². The lowest BCUT2D eigenvalue weighted by Gasteiger charge is -2.05. The Bertz CT molecular complexity index is 702. The average molecular weight is 299 g/mol. The number of para-hydroxylation sites is 1. The van der Waals surface area contributed by atoms with Gasteiger partial charge in [-0.2, -0.15) is 5.10 Å². The summed E-state index contributed by atoms with van der Waals surface area (Å²) in [5, 5.41) is 7.82. The summed E-state index contributed by atoms with van der Waals surface area (Å²) < 4.78 is 7.14. The van der Waals surface area contributed by atoms with E-state index in [-0.39, 0.29) is 5.91 Å². The van der Waals surface area contributed by atoms with Crippen LogP contribution in [0.2, 0.25) is 0 Å². The van der Waals surface area contributed by atoms with Gasteiger partial charge in [0.1, 0.15) is 18.3 Å². The number of nitrogens with zero attached hydrogens (tertiary/aromatic N) is 3. The van der Waals surface area contributed by atoms with Crippen molar-refractivity contribution in [2.24, 2.45) is 0 Å². The van der Waals surface area contributed by atoms with Crippen molar-refractivity contribution in [1.29, 1.82) is 0 Å². The molecule has 0 saturated heterocycles. The smallest absolute Gasteiger partial charge is 0.267 e. The lowest BCUT2D eigenvalue weighted by molar-refractivity contribution is 0.0902. The zero-order chi connectivity index (χ0) is 15.2. The van der Waals surface area contributed by atoms with Gasteiger partial charge in [0.15, 0.2) is 0 Å². The number of aromatic amines is 1. The Hall–Kier alpha value is -2.67. The fourth-order valence-corrected chi connectivity index (χ4v) is 2.14. The minimum absolute atomic E-state index is 0.129. The minimum atomic E-state index is -0.129. The predicted octanol–water partition coefficient (Wildman–Crippen LogP) is 1.21. The van der Waals surface area contributed by atoms with Gasteiger partial charge in [-0.3, -0.25) is 9.48 Å². The first-order valence-corrected chi connectivity index (χ1v) is 7.09. The van der Waals surface area contributed by atoms with Gasteiger partial charge in [0.25, 0.3) is 5.91 Å². The molecule has 0 radical (unpaired) electrons. The fourth-order valence-electron chi connectivity index (χ4n) is 2.14. The number of H-pyrrole nitrogens is 1. The van der Waals surface area contributed by atoms with Crippen molar-refractivity contribution in [3.05, 3.63) is 48.7 Å². The van der Waals surface area contributed by atoms with Crippen molar-refractivity contribution in [1.82, 2.24) is 25.1 Å². The van der Waals surface area contributed by atoms with Crippen LogP contribution in [0, 0.1) is 0 Å². The highest BCUT2D eigenvalue weighted by molar-refractivity contribution is 5.97. The van der Waals surface area contributed by atoms with Crippen molar-refractivity contribution in [3.63, 3.8) is 0 Å². The number of aromatic nitrogens is 4. The lowest BCUT2D eigenvalue weighted by atomic mass is 10.2. The van der Waals surface area contributed by atoms with Crippen LogP contribution in [0.25, 0.3) is 10.9 Å². The van der Waals surface area contributed by atoms with Crippen LogP contribution >= 0.6 is 0 Å². The molecule has 2 N–H and O–H groups in total. The number of amides is 1. The number of ether oxygens (including phenoxy) is 1. The second-order valence-corrected chi connectivity index (χ2v) is 4.80. The third kappa shape index (κ3) is 3.50. The molecule has 0 bridgehead atoms. The van der Waals surface area contributed by atoms with E-state index in [1.807, 2.05) is 30.3 Å². The van der Waals surface area contributed by atoms with Crippen LogP contribution in [0.4, 0.5) is 0 Å². The zero-order valence-electron chi connectivity index (χ0n) is 12.0. The normalized spacial score (nSPS) is 10.9. The van der Waals surface area contributed by atoms with Gasteiger partial charge in [-0.1, -0.05) is 18.2 Å². The first-order chi connectivity index (χ1) is 10.8. The molecular formula is C15H17N5O2. The van der Waals surface area contributed by atoms with Crippen LogP contribution < -0.4 is 5.32 Å². The lowest BCUT2D eigenvalue weighted by Crippen LogP contribution is -2.27. The number of rotatable bonds is 7. The Morgan fingerprint density at radius 2 is 2.23 bits per heavy atom. The van der Waals surface area contributed by atoms with E-state index in [0.29, 0.717) is 32.0 Å². The van der Waals surface area contributed by atoms with E-state index in [4.69, 9.17) is 4.74 Å². The quantitative estimate of drug-likeness (QED) is 0.642. The molecule has 3 rings (SSSR count). The van der Waals surface area contributed by atoms with Crippen molar-refractivity contribution in [2.45, 2.75) is 6.54 Å². The molecule has 0 unspecified atom stereocenters. The summed E-state index contributed by atoms with van der Waals surface area (Å²) in [5.74, 6) is -0.129. The Morgan fingerprint density at radius 1 is 1.32 bits per heavy atom. The van der Waals surface area contributed by atoms with Crippen LogP contribution in [0.1, 0.15) is 10.5 Å². The molecule has 7 heteroatoms. The first kappa shape index (κ1) is 14.3. The molecule has 0 aliphatic heterocycles. The molecule has 3 aromatic rings. The zero-order valence-corrected chi connectivity index (χ0v) is 12.0. The number of fused-ring (bicyclic) bond motifs is 1. The van der Waals surface area contributed by atoms with Gasteiger partial charge in [0.05, 0.1) is 19.8 Å². The molecule has 0 saturated carbocycles. The summed E-state index contributed by atoms with van der Waals surface area (Å²) in [7, 11) is 0. The number of benzene rings is 1. The van der Waals surface area contributed by atoms with Crippen LogP contribution in [0.3, 0.4) is 0 Å². The van der Waals surface area contributed by atoms with Crippen LogP contribution in [-0.2, 0) is 11.3 Å². The molecule has 2 heterocycles. The van der Waals surface area contributed by atoms with E-state index < -0.39 is 0 Å². The molecule has 0 fully saturated rings. The molecule has 7 nitrogen and oxygen atoms in total. The third-order valence-electron chi connectivity index (χ3n) is 3.24. The van der Waals surface area contributed by atoms with Crippen molar-refractivity contribution in [2.75, 3.05) is 19.8 Å². The Balaban J connectivity index is 1.38. The predicted molar refractivity (Wildman–Crippen MR) is 81.5 cm³/mol. The second-order valence-electron chi connectivity index (χ2n) is 4.80. The molecule has 1 aromatic carbocycles. The van der Waals surface area contributed by atoms with Crippen LogP contribution in [0.5, 0.6) is 0 Å². The van der Waals surface area contributed by atoms with E-state index in [0.717, 1.165) is 10.9 Å². The molecule has 0 spiro atoms. The topological polar surface area (TPSA) is 84.8 Å². The van der Waals surface area contributed by atoms with E-state index >= 15 is 0 Å². The van der Waals surface area contributed by atoms with Gasteiger partial charge in [-0.05, 0) is 12.1 Å². The summed E-state index contributed by atoms with van der Waals surface area (Å²) in [4.78, 5) is 19.0. The van der Waals surface area contributed by atoms with Gasteiger partial charge in [0, 0.05) is 17.4 Å². The average Bonchev–Trinajstić information content (AvgIpc) is 3.19. The third-order valence-corrected chi connectivity index (χ3v) is 3.24. The summed E-state index contributed by atoms with van der Waals surface area (Å²) in [6.45, 7) is 2.10. The van der Waals surface area contributed by atoms with Gasteiger partial charge < -0.3 is 15.0 Å². The van der Waals surface area contributed by atoms with E-state index in [1.165, 1.54) is 6.33 Å². The SMILES string of the molecule is O=C(NCCOCCn1cncn1)c1cc2ccccc2[nH]1. The molecule has 2 aromatic heterocycles. The number of nitrogens with one attached hydrogen (secondary N) is 2. The Labute approximate surface area is 127 Å². The highest BCUT2D eigenvalue weighted by atomic mass is 16.5. The molecule has 1 amide bonds. The van der Waals surface area contributed by atoms with Gasteiger partial charge in [0.2, 0.25) is 0 Å². The standard InChI is InChI=1S/C15H17N5O2/c21-15(14-9-12-3-1-2-4-13(12)19-14)17-5-7-22-8-6-20-11-16-10-18-20/h1-4,9-11,19H,5-8H2,(H,17,21). The molecule has 0 aliphatic rings. The first-order valence-electron chi connectivity index (χ1n) is 7.09. The van der Waals surface area contributed by atoms with Crippen molar-refractivity contribution < 1.29 is 9.53 Å². The maximum atomic E-state index is 12.0. The van der Waals surface area contributed by atoms with Crippen molar-refractivity contribution >= 4 is 16.8 Å². The number of hydrogen-bond donors (Lipinski definition) is 2. The fraction of sp³-hybridized carbons (Fsp3) is 0.267. The molecule has 0 atom stereocenters. The number of carbonyl (C=O) groups excluding carboxylic acids is 1. The van der Waals surface area contributed by atoms with E-state index in [1.54, 1.807) is 11.0 Å². The molecule has 22 heavy (non-hydrogen) atoms. The summed E-state index contributed by atoms with van der Waals surface area (Å²) in [6.07, 6.45) is 3.13. The van der Waals surface area contributed by atoms with Gasteiger partial charge >= 0.3 is 0 Å². The van der Waals surface area contributed by atoms with Crippen LogP contribution in [0.15, 0.2) is 43.0 Å². The number of carbonyl (C=O) groups is 1. The van der Waals surface area contributed by atoms with E-state index in [2.05, 4.69) is 20.4 Å². The summed E-state index contributed by atoms with van der Waals surface area (Å²) in [5.41, 5.74) is 1.51. The number of hydrogen-bond acceptors (Lipinski definition) is 4. The molecule has 0 aliphatic carbocycles. The second kappa shape index (κ2) is 6.86. The summed E-state index contributed by atoms with van der Waals surface area (Å²) >= 11 is 0. The molecule has 114 valence electrons. The monoisotopic (exact) mass is 299 g/mol. The minimum Gasteiger partial charge on any atom is -0.378 e. The van der Waals surface area contributed by atoms with E-state index in [9.17, 15) is 4.79 Å².